The lowest BCUT2D eigenvalue weighted by Gasteiger charge is -2.21. The first kappa shape index (κ1) is 13.7. The number of benzene rings is 1. The molecule has 1 rings (SSSR count). The van der Waals surface area contributed by atoms with Gasteiger partial charge in [-0.15, -0.1) is 0 Å². The Labute approximate surface area is 105 Å². The smallest absolute Gasteiger partial charge is 0.180 e. The molecule has 0 spiro atoms. The molecule has 0 radical (unpaired) electrons. The molecule has 0 unspecified atom stereocenters. The zero-order valence-corrected chi connectivity index (χ0v) is 11.7. The van der Waals surface area contributed by atoms with Crippen LogP contribution in [0.15, 0.2) is 33.6 Å². The van der Waals surface area contributed by atoms with Crippen LogP contribution >= 0.6 is 15.9 Å². The Hall–Kier alpha value is -0.390. The Morgan fingerprint density at radius 2 is 1.88 bits per heavy atom. The van der Waals surface area contributed by atoms with E-state index in [1.807, 2.05) is 0 Å². The van der Waals surface area contributed by atoms with Crippen molar-refractivity contribution in [2.24, 2.45) is 5.41 Å². The van der Waals surface area contributed by atoms with Crippen molar-refractivity contribution in [2.45, 2.75) is 18.7 Å². The monoisotopic (exact) mass is 306 g/mol. The van der Waals surface area contributed by atoms with E-state index in [9.17, 15) is 8.42 Å². The van der Waals surface area contributed by atoms with Crippen LogP contribution in [0.5, 0.6) is 0 Å². The predicted molar refractivity (Wildman–Crippen MR) is 67.1 cm³/mol. The molecule has 1 aromatic rings. The van der Waals surface area contributed by atoms with E-state index < -0.39 is 15.3 Å². The second kappa shape index (κ2) is 4.85. The van der Waals surface area contributed by atoms with Gasteiger partial charge in [0, 0.05) is 16.5 Å². The van der Waals surface area contributed by atoms with Gasteiger partial charge in [-0.05, 0) is 28.1 Å². The summed E-state index contributed by atoms with van der Waals surface area (Å²) in [6.07, 6.45) is 0. The predicted octanol–water partition coefficient (Wildman–Crippen LogP) is 2.24. The molecular formula is C11H15BrO3S. The molecule has 1 aromatic carbocycles. The maximum Gasteiger partial charge on any atom is 0.180 e. The molecule has 0 saturated carbocycles. The van der Waals surface area contributed by atoms with Crippen molar-refractivity contribution in [2.75, 3.05) is 12.4 Å². The van der Waals surface area contributed by atoms with E-state index in [0.29, 0.717) is 4.47 Å². The number of rotatable bonds is 4. The van der Waals surface area contributed by atoms with Gasteiger partial charge in [0.15, 0.2) is 9.84 Å². The average Bonchev–Trinajstić information content (AvgIpc) is 2.16. The third-order valence-electron chi connectivity index (χ3n) is 2.18. The second-order valence-corrected chi connectivity index (χ2v) is 7.32. The third-order valence-corrected chi connectivity index (χ3v) is 5.32. The molecule has 0 heterocycles. The van der Waals surface area contributed by atoms with Gasteiger partial charge >= 0.3 is 0 Å². The Balaban J connectivity index is 3.09. The van der Waals surface area contributed by atoms with Gasteiger partial charge in [-0.25, -0.2) is 8.42 Å². The van der Waals surface area contributed by atoms with E-state index in [1.54, 1.807) is 38.1 Å². The SMILES string of the molecule is CC(C)(CO)CS(=O)(=O)c1ccccc1Br. The first-order chi connectivity index (χ1) is 7.28. The zero-order chi connectivity index (χ0) is 12.4. The molecule has 0 amide bonds. The fraction of sp³-hybridized carbons (Fsp3) is 0.455. The van der Waals surface area contributed by atoms with Crippen molar-refractivity contribution >= 4 is 25.8 Å². The van der Waals surface area contributed by atoms with Crippen LogP contribution in [0.1, 0.15) is 13.8 Å². The normalized spacial score (nSPS) is 12.8. The van der Waals surface area contributed by atoms with Crippen molar-refractivity contribution in [1.29, 1.82) is 0 Å². The highest BCUT2D eigenvalue weighted by atomic mass is 79.9. The molecule has 0 fully saturated rings. The summed E-state index contributed by atoms with van der Waals surface area (Å²) < 4.78 is 24.7. The van der Waals surface area contributed by atoms with Gasteiger partial charge in [0.05, 0.1) is 10.6 Å². The number of aliphatic hydroxyl groups is 1. The molecule has 0 aliphatic carbocycles. The number of halogens is 1. The average molecular weight is 307 g/mol. The summed E-state index contributed by atoms with van der Waals surface area (Å²) in [4.78, 5) is 0.275. The summed E-state index contributed by atoms with van der Waals surface area (Å²) in [5.74, 6) is -0.0703. The maximum atomic E-state index is 12.1. The molecule has 0 bridgehead atoms. The maximum absolute atomic E-state index is 12.1. The van der Waals surface area contributed by atoms with Crippen LogP contribution in [-0.4, -0.2) is 25.9 Å². The van der Waals surface area contributed by atoms with E-state index in [-0.39, 0.29) is 17.3 Å². The van der Waals surface area contributed by atoms with Crippen molar-refractivity contribution in [3.05, 3.63) is 28.7 Å². The van der Waals surface area contributed by atoms with Gasteiger partial charge in [0.1, 0.15) is 0 Å². The summed E-state index contributed by atoms with van der Waals surface area (Å²) in [5.41, 5.74) is -0.631. The van der Waals surface area contributed by atoms with Gasteiger partial charge in [-0.1, -0.05) is 26.0 Å². The molecule has 5 heteroatoms. The number of hydrogen-bond donors (Lipinski definition) is 1. The molecule has 0 saturated heterocycles. The molecule has 16 heavy (non-hydrogen) atoms. The van der Waals surface area contributed by atoms with Gasteiger partial charge in [-0.3, -0.25) is 0 Å². The van der Waals surface area contributed by atoms with E-state index in [2.05, 4.69) is 15.9 Å². The minimum Gasteiger partial charge on any atom is -0.396 e. The summed E-state index contributed by atoms with van der Waals surface area (Å²) in [7, 11) is -3.37. The van der Waals surface area contributed by atoms with Gasteiger partial charge < -0.3 is 5.11 Å². The minimum atomic E-state index is -3.37. The number of sulfone groups is 1. The molecule has 90 valence electrons. The fourth-order valence-corrected chi connectivity index (χ4v) is 4.29. The summed E-state index contributed by atoms with van der Waals surface area (Å²) in [6, 6.07) is 6.70. The van der Waals surface area contributed by atoms with Gasteiger partial charge in [-0.2, -0.15) is 0 Å². The van der Waals surface area contributed by atoms with Crippen LogP contribution in [0.2, 0.25) is 0 Å². The third kappa shape index (κ3) is 3.30. The Kier molecular flexibility index (Phi) is 4.15. The van der Waals surface area contributed by atoms with Crippen LogP contribution < -0.4 is 0 Å². The number of aliphatic hydroxyl groups excluding tert-OH is 1. The minimum absolute atomic E-state index is 0.0703. The zero-order valence-electron chi connectivity index (χ0n) is 9.27. The van der Waals surface area contributed by atoms with E-state index in [4.69, 9.17) is 5.11 Å². The Bertz CT molecular complexity index is 466. The highest BCUT2D eigenvalue weighted by molar-refractivity contribution is 9.10. The summed E-state index contributed by atoms with van der Waals surface area (Å²) >= 11 is 3.22. The van der Waals surface area contributed by atoms with Gasteiger partial charge in [0.25, 0.3) is 0 Å². The first-order valence-corrected chi connectivity index (χ1v) is 7.31. The van der Waals surface area contributed by atoms with Crippen LogP contribution in [0.3, 0.4) is 0 Å². The fourth-order valence-electron chi connectivity index (χ4n) is 1.33. The quantitative estimate of drug-likeness (QED) is 0.928. The van der Waals surface area contributed by atoms with Crippen molar-refractivity contribution < 1.29 is 13.5 Å². The lowest BCUT2D eigenvalue weighted by molar-refractivity contribution is 0.179. The summed E-state index contributed by atoms with van der Waals surface area (Å²) in [6.45, 7) is 3.29. The molecule has 3 nitrogen and oxygen atoms in total. The Morgan fingerprint density at radius 3 is 2.38 bits per heavy atom. The largest absolute Gasteiger partial charge is 0.396 e. The molecule has 0 aromatic heterocycles. The molecule has 0 atom stereocenters. The van der Waals surface area contributed by atoms with E-state index in [0.717, 1.165) is 0 Å². The van der Waals surface area contributed by atoms with Crippen molar-refractivity contribution in [3.63, 3.8) is 0 Å². The highest BCUT2D eigenvalue weighted by Gasteiger charge is 2.28. The first-order valence-electron chi connectivity index (χ1n) is 4.87. The van der Waals surface area contributed by atoms with Crippen molar-refractivity contribution in [3.8, 4) is 0 Å². The molecule has 0 aliphatic heterocycles. The molecule has 1 N–H and O–H groups in total. The topological polar surface area (TPSA) is 54.4 Å². The van der Waals surface area contributed by atoms with Crippen LogP contribution in [0.25, 0.3) is 0 Å². The Morgan fingerprint density at radius 1 is 1.31 bits per heavy atom. The summed E-state index contributed by atoms with van der Waals surface area (Å²) in [5, 5.41) is 9.10. The molecule has 0 aliphatic rings. The van der Waals surface area contributed by atoms with E-state index >= 15 is 0 Å². The second-order valence-electron chi connectivity index (χ2n) is 4.51. The lowest BCUT2D eigenvalue weighted by atomic mass is 9.98. The highest BCUT2D eigenvalue weighted by Crippen LogP contribution is 2.27. The molecular weight excluding hydrogens is 292 g/mol. The number of hydrogen-bond acceptors (Lipinski definition) is 3. The van der Waals surface area contributed by atoms with Crippen molar-refractivity contribution in [1.82, 2.24) is 0 Å². The van der Waals surface area contributed by atoms with Crippen LogP contribution in [0.4, 0.5) is 0 Å². The standard InChI is InChI=1S/C11H15BrO3S/c1-11(2,7-13)8-16(14,15)10-6-4-3-5-9(10)12/h3-6,13H,7-8H2,1-2H3. The lowest BCUT2D eigenvalue weighted by Crippen LogP contribution is -2.27. The van der Waals surface area contributed by atoms with Gasteiger partial charge in [0.2, 0.25) is 0 Å². The van der Waals surface area contributed by atoms with Crippen LogP contribution in [0, 0.1) is 5.41 Å². The van der Waals surface area contributed by atoms with Crippen LogP contribution in [-0.2, 0) is 9.84 Å². The van der Waals surface area contributed by atoms with E-state index in [1.165, 1.54) is 0 Å².